The first-order chi connectivity index (χ1) is 11.1. The van der Waals surface area contributed by atoms with Gasteiger partial charge in [0.25, 0.3) is 0 Å². The fourth-order valence-electron chi connectivity index (χ4n) is 2.02. The van der Waals surface area contributed by atoms with Crippen LogP contribution in [0, 0.1) is 0 Å². The number of carbonyl (C=O) groups excluding carboxylic acids is 1. The molecule has 23 heavy (non-hydrogen) atoms. The predicted octanol–water partition coefficient (Wildman–Crippen LogP) is 2.48. The lowest BCUT2D eigenvalue weighted by Gasteiger charge is -2.17. The second-order valence-corrected chi connectivity index (χ2v) is 5.18. The second-order valence-electron chi connectivity index (χ2n) is 5.18. The minimum atomic E-state index is 0.00835. The molecule has 0 fully saturated rings. The normalized spacial score (nSPS) is 10.2. The molecule has 2 aromatic carbocycles. The Bertz CT molecular complexity index is 622. The maximum absolute atomic E-state index is 12.1. The van der Waals surface area contributed by atoms with Gasteiger partial charge in [0.2, 0.25) is 5.91 Å². The Morgan fingerprint density at radius 2 is 1.65 bits per heavy atom. The molecule has 1 amide bonds. The van der Waals surface area contributed by atoms with E-state index in [1.165, 1.54) is 0 Å². The van der Waals surface area contributed by atoms with Gasteiger partial charge in [0.05, 0.1) is 20.1 Å². The molecule has 5 nitrogen and oxygen atoms in total. The molecule has 0 aliphatic carbocycles. The molecular weight excluding hydrogens is 294 g/mol. The lowest BCUT2D eigenvalue weighted by Crippen LogP contribution is -2.32. The molecule has 2 rings (SSSR count). The van der Waals surface area contributed by atoms with Gasteiger partial charge in [-0.3, -0.25) is 4.79 Å². The van der Waals surface area contributed by atoms with Crippen LogP contribution in [0.3, 0.4) is 0 Å². The Balaban J connectivity index is 1.75. The Hall–Kier alpha value is -2.69. The predicted molar refractivity (Wildman–Crippen MR) is 87.9 cm³/mol. The zero-order valence-electron chi connectivity index (χ0n) is 13.4. The molecule has 1 N–H and O–H groups in total. The third kappa shape index (κ3) is 5.21. The lowest BCUT2D eigenvalue weighted by molar-refractivity contribution is -0.129. The van der Waals surface area contributed by atoms with Crippen LogP contribution in [0.25, 0.3) is 0 Å². The van der Waals surface area contributed by atoms with E-state index in [0.717, 1.165) is 17.1 Å². The molecule has 0 unspecified atom stereocenters. The van der Waals surface area contributed by atoms with E-state index in [2.05, 4.69) is 0 Å². The highest BCUT2D eigenvalue weighted by atomic mass is 16.5. The van der Waals surface area contributed by atoms with E-state index in [-0.39, 0.29) is 11.7 Å². The topological polar surface area (TPSA) is 59.0 Å². The first-order valence-corrected chi connectivity index (χ1v) is 7.37. The fourth-order valence-corrected chi connectivity index (χ4v) is 2.02. The first kappa shape index (κ1) is 16.7. The molecule has 0 saturated carbocycles. The van der Waals surface area contributed by atoms with Crippen molar-refractivity contribution in [2.24, 2.45) is 0 Å². The molecular formula is C18H21NO4. The number of amides is 1. The number of likely N-dealkylation sites (N-methyl/N-ethyl adjacent to an activating group) is 1. The summed E-state index contributed by atoms with van der Waals surface area (Å²) in [6.07, 6.45) is 0.305. The molecule has 0 aromatic heterocycles. The molecule has 0 radical (unpaired) electrons. The number of aromatic hydroxyl groups is 1. The standard InChI is InChI=1S/C18H21NO4/c1-19(18(21)13-14-3-5-15(20)6-4-14)11-12-23-17-9-7-16(22-2)8-10-17/h3-10,20H,11-13H2,1-2H3. The van der Waals surface area contributed by atoms with Crippen LogP contribution >= 0.6 is 0 Å². The summed E-state index contributed by atoms with van der Waals surface area (Å²) in [5, 5.41) is 9.24. The third-order valence-electron chi connectivity index (χ3n) is 3.47. The number of hydrogen-bond acceptors (Lipinski definition) is 4. The first-order valence-electron chi connectivity index (χ1n) is 7.37. The number of benzene rings is 2. The molecule has 0 heterocycles. The molecule has 0 bridgehead atoms. The van der Waals surface area contributed by atoms with Gasteiger partial charge in [0, 0.05) is 7.05 Å². The molecule has 0 spiro atoms. The van der Waals surface area contributed by atoms with E-state index in [9.17, 15) is 9.90 Å². The number of nitrogens with zero attached hydrogens (tertiary/aromatic N) is 1. The van der Waals surface area contributed by atoms with Crippen LogP contribution in [0.1, 0.15) is 5.56 Å². The van der Waals surface area contributed by atoms with Gasteiger partial charge in [-0.1, -0.05) is 12.1 Å². The smallest absolute Gasteiger partial charge is 0.226 e. The Morgan fingerprint density at radius 1 is 1.04 bits per heavy atom. The van der Waals surface area contributed by atoms with Crippen molar-refractivity contribution in [2.45, 2.75) is 6.42 Å². The van der Waals surface area contributed by atoms with Crippen LogP contribution in [0.4, 0.5) is 0 Å². The quantitative estimate of drug-likeness (QED) is 0.853. The molecule has 122 valence electrons. The van der Waals surface area contributed by atoms with Gasteiger partial charge in [0.1, 0.15) is 23.9 Å². The minimum Gasteiger partial charge on any atom is -0.508 e. The minimum absolute atomic E-state index is 0.00835. The van der Waals surface area contributed by atoms with Gasteiger partial charge < -0.3 is 19.5 Å². The SMILES string of the molecule is COc1ccc(OCCN(C)C(=O)Cc2ccc(O)cc2)cc1. The van der Waals surface area contributed by atoms with Crippen molar-refractivity contribution < 1.29 is 19.4 Å². The zero-order valence-corrected chi connectivity index (χ0v) is 13.4. The van der Waals surface area contributed by atoms with E-state index in [1.807, 2.05) is 24.3 Å². The highest BCUT2D eigenvalue weighted by Crippen LogP contribution is 2.17. The Morgan fingerprint density at radius 3 is 2.26 bits per heavy atom. The summed E-state index contributed by atoms with van der Waals surface area (Å²) < 4.78 is 10.7. The highest BCUT2D eigenvalue weighted by molar-refractivity contribution is 5.78. The maximum Gasteiger partial charge on any atom is 0.226 e. The van der Waals surface area contributed by atoms with Crippen LogP contribution < -0.4 is 9.47 Å². The lowest BCUT2D eigenvalue weighted by atomic mass is 10.1. The summed E-state index contributed by atoms with van der Waals surface area (Å²) in [5.74, 6) is 1.72. The van der Waals surface area contributed by atoms with Gasteiger partial charge in [-0.25, -0.2) is 0 Å². The van der Waals surface area contributed by atoms with Crippen molar-refractivity contribution in [2.75, 3.05) is 27.3 Å². The number of rotatable bonds is 7. The van der Waals surface area contributed by atoms with Crippen molar-refractivity contribution in [1.82, 2.24) is 4.90 Å². The van der Waals surface area contributed by atoms with E-state index in [1.54, 1.807) is 43.3 Å². The highest BCUT2D eigenvalue weighted by Gasteiger charge is 2.09. The van der Waals surface area contributed by atoms with E-state index < -0.39 is 0 Å². The number of phenols is 1. The van der Waals surface area contributed by atoms with Crippen LogP contribution in [0.2, 0.25) is 0 Å². The fraction of sp³-hybridized carbons (Fsp3) is 0.278. The summed E-state index contributed by atoms with van der Waals surface area (Å²) >= 11 is 0. The number of carbonyl (C=O) groups is 1. The second kappa shape index (κ2) is 8.08. The Kier molecular flexibility index (Phi) is 5.86. The maximum atomic E-state index is 12.1. The summed E-state index contributed by atoms with van der Waals surface area (Å²) in [6.45, 7) is 0.924. The summed E-state index contributed by atoms with van der Waals surface area (Å²) in [4.78, 5) is 13.7. The Labute approximate surface area is 136 Å². The van der Waals surface area contributed by atoms with Gasteiger partial charge >= 0.3 is 0 Å². The van der Waals surface area contributed by atoms with E-state index in [4.69, 9.17) is 9.47 Å². The van der Waals surface area contributed by atoms with Gasteiger partial charge in [-0.2, -0.15) is 0 Å². The number of ether oxygens (including phenoxy) is 2. The summed E-state index contributed by atoms with van der Waals surface area (Å²) in [5.41, 5.74) is 0.871. The average Bonchev–Trinajstić information content (AvgIpc) is 2.57. The average molecular weight is 315 g/mol. The van der Waals surface area contributed by atoms with Crippen molar-refractivity contribution in [3.8, 4) is 17.2 Å². The van der Waals surface area contributed by atoms with Crippen LogP contribution in [0.15, 0.2) is 48.5 Å². The summed E-state index contributed by atoms with van der Waals surface area (Å²) in [6, 6.07) is 14.0. The monoisotopic (exact) mass is 315 g/mol. The number of phenolic OH excluding ortho intramolecular Hbond substituents is 1. The molecule has 5 heteroatoms. The largest absolute Gasteiger partial charge is 0.508 e. The van der Waals surface area contributed by atoms with Crippen LogP contribution in [-0.2, 0) is 11.2 Å². The zero-order chi connectivity index (χ0) is 16.7. The van der Waals surface area contributed by atoms with Crippen molar-refractivity contribution >= 4 is 5.91 Å². The number of hydrogen-bond donors (Lipinski definition) is 1. The van der Waals surface area contributed by atoms with Gasteiger partial charge in [-0.15, -0.1) is 0 Å². The van der Waals surface area contributed by atoms with Crippen molar-refractivity contribution in [1.29, 1.82) is 0 Å². The molecule has 0 atom stereocenters. The van der Waals surface area contributed by atoms with Crippen molar-refractivity contribution in [3.05, 3.63) is 54.1 Å². The van der Waals surface area contributed by atoms with Crippen molar-refractivity contribution in [3.63, 3.8) is 0 Å². The molecule has 0 aliphatic rings. The van der Waals surface area contributed by atoms with Crippen LogP contribution in [-0.4, -0.2) is 43.2 Å². The van der Waals surface area contributed by atoms with Gasteiger partial charge in [0.15, 0.2) is 0 Å². The van der Waals surface area contributed by atoms with E-state index in [0.29, 0.717) is 19.6 Å². The molecule has 0 saturated heterocycles. The van der Waals surface area contributed by atoms with Crippen LogP contribution in [0.5, 0.6) is 17.2 Å². The number of methoxy groups -OCH3 is 1. The van der Waals surface area contributed by atoms with E-state index >= 15 is 0 Å². The van der Waals surface area contributed by atoms with Gasteiger partial charge in [-0.05, 0) is 42.0 Å². The summed E-state index contributed by atoms with van der Waals surface area (Å²) in [7, 11) is 3.37. The molecule has 2 aromatic rings. The third-order valence-corrected chi connectivity index (χ3v) is 3.47. The molecule has 0 aliphatic heterocycles.